The Labute approximate surface area is 211 Å². The molecule has 3 aromatic rings. The molecule has 1 unspecified atom stereocenters. The van der Waals surface area contributed by atoms with Crippen molar-refractivity contribution in [1.29, 1.82) is 0 Å². The highest BCUT2D eigenvalue weighted by Gasteiger charge is 2.19. The van der Waals surface area contributed by atoms with E-state index in [1.807, 2.05) is 31.5 Å². The number of aliphatic hydroxyl groups excluding tert-OH is 1. The van der Waals surface area contributed by atoms with Crippen LogP contribution in [0.3, 0.4) is 0 Å². The van der Waals surface area contributed by atoms with Gasteiger partial charge in [0, 0.05) is 43.8 Å². The van der Waals surface area contributed by atoms with Gasteiger partial charge in [0.15, 0.2) is 5.13 Å². The number of hydrogen-bond acceptors (Lipinski definition) is 9. The first kappa shape index (κ1) is 24.1. The van der Waals surface area contributed by atoms with Gasteiger partial charge in [0.25, 0.3) is 0 Å². The number of rotatable bonds is 8. The first-order valence-electron chi connectivity index (χ1n) is 12.8. The number of piperidine rings is 1. The molecule has 0 bridgehead atoms. The molecular formula is C26H35N7OS. The number of aromatic nitrogens is 4. The molecule has 1 saturated carbocycles. The van der Waals surface area contributed by atoms with Gasteiger partial charge in [-0.1, -0.05) is 36.7 Å². The van der Waals surface area contributed by atoms with Crippen LogP contribution in [0.5, 0.6) is 0 Å². The molecule has 0 aromatic carbocycles. The van der Waals surface area contributed by atoms with Crippen molar-refractivity contribution in [3.63, 3.8) is 0 Å². The number of aryl methyl sites for hydroxylation is 1. The van der Waals surface area contributed by atoms with E-state index >= 15 is 0 Å². The molecule has 9 heteroatoms. The molecule has 1 atom stereocenters. The van der Waals surface area contributed by atoms with E-state index in [2.05, 4.69) is 36.6 Å². The van der Waals surface area contributed by atoms with Crippen molar-refractivity contribution < 1.29 is 5.11 Å². The van der Waals surface area contributed by atoms with Crippen LogP contribution in [0.4, 0.5) is 16.9 Å². The second-order valence-corrected chi connectivity index (χ2v) is 10.9. The minimum absolute atomic E-state index is 0.278. The summed E-state index contributed by atoms with van der Waals surface area (Å²) >= 11 is 1.57. The fourth-order valence-electron chi connectivity index (χ4n) is 5.04. The van der Waals surface area contributed by atoms with E-state index in [9.17, 15) is 5.11 Å². The van der Waals surface area contributed by atoms with E-state index in [-0.39, 0.29) is 6.61 Å². The number of hydrogen-bond donors (Lipinski definition) is 3. The Morgan fingerprint density at radius 2 is 1.94 bits per heavy atom. The Morgan fingerprint density at radius 3 is 2.74 bits per heavy atom. The van der Waals surface area contributed by atoms with Gasteiger partial charge in [0.05, 0.1) is 10.6 Å². The van der Waals surface area contributed by atoms with Gasteiger partial charge < -0.3 is 15.7 Å². The summed E-state index contributed by atoms with van der Waals surface area (Å²) in [5.74, 6) is 1.89. The second kappa shape index (κ2) is 11.4. The smallest absolute Gasteiger partial charge is 0.223 e. The van der Waals surface area contributed by atoms with Crippen molar-refractivity contribution in [3.05, 3.63) is 41.9 Å². The minimum Gasteiger partial charge on any atom is -0.396 e. The van der Waals surface area contributed by atoms with E-state index in [1.54, 1.807) is 11.3 Å². The molecular weight excluding hydrogens is 458 g/mol. The van der Waals surface area contributed by atoms with Crippen molar-refractivity contribution in [3.8, 4) is 10.6 Å². The summed E-state index contributed by atoms with van der Waals surface area (Å²) < 4.78 is 0. The predicted octanol–water partition coefficient (Wildman–Crippen LogP) is 5.00. The zero-order valence-electron chi connectivity index (χ0n) is 20.4. The van der Waals surface area contributed by atoms with Gasteiger partial charge in [-0.25, -0.2) is 19.9 Å². The van der Waals surface area contributed by atoms with Crippen LogP contribution in [0.25, 0.3) is 10.6 Å². The molecule has 3 aromatic heterocycles. The normalized spacial score (nSPS) is 19.5. The lowest BCUT2D eigenvalue weighted by Gasteiger charge is -2.31. The summed E-state index contributed by atoms with van der Waals surface area (Å²) in [6.07, 6.45) is 12.3. The molecule has 3 N–H and O–H groups in total. The highest BCUT2D eigenvalue weighted by molar-refractivity contribution is 7.18. The summed E-state index contributed by atoms with van der Waals surface area (Å²) in [4.78, 5) is 21.9. The molecule has 8 nitrogen and oxygen atoms in total. The molecule has 1 aliphatic carbocycles. The third kappa shape index (κ3) is 6.54. The first-order chi connectivity index (χ1) is 17.1. The van der Waals surface area contributed by atoms with Crippen LogP contribution in [0.1, 0.15) is 56.2 Å². The van der Waals surface area contributed by atoms with Crippen LogP contribution in [0, 0.1) is 12.8 Å². The average Bonchev–Trinajstić information content (AvgIpc) is 3.34. The maximum Gasteiger partial charge on any atom is 0.223 e. The van der Waals surface area contributed by atoms with Crippen molar-refractivity contribution in [2.45, 2.75) is 64.5 Å². The molecule has 2 aliphatic rings. The molecule has 0 amide bonds. The van der Waals surface area contributed by atoms with Crippen LogP contribution in [0.2, 0.25) is 0 Å². The van der Waals surface area contributed by atoms with Crippen molar-refractivity contribution >= 4 is 28.2 Å². The van der Waals surface area contributed by atoms with Gasteiger partial charge in [0.2, 0.25) is 5.95 Å². The van der Waals surface area contributed by atoms with Crippen LogP contribution >= 0.6 is 11.3 Å². The maximum atomic E-state index is 9.46. The zero-order chi connectivity index (χ0) is 24.0. The largest absolute Gasteiger partial charge is 0.396 e. The summed E-state index contributed by atoms with van der Waals surface area (Å²) in [5, 5.41) is 17.1. The van der Waals surface area contributed by atoms with Gasteiger partial charge in [0.1, 0.15) is 5.82 Å². The van der Waals surface area contributed by atoms with Crippen LogP contribution in [-0.4, -0.2) is 55.7 Å². The zero-order valence-corrected chi connectivity index (χ0v) is 21.2. The Morgan fingerprint density at radius 1 is 1.06 bits per heavy atom. The average molecular weight is 494 g/mol. The number of aliphatic hydroxyl groups is 1. The highest BCUT2D eigenvalue weighted by atomic mass is 32.1. The first-order valence-corrected chi connectivity index (χ1v) is 13.6. The summed E-state index contributed by atoms with van der Waals surface area (Å²) in [6, 6.07) is 6.60. The number of anilines is 3. The fraction of sp³-hybridized carbons (Fsp3) is 0.538. The molecule has 0 spiro atoms. The van der Waals surface area contributed by atoms with Crippen molar-refractivity contribution in [2.24, 2.45) is 5.92 Å². The minimum atomic E-state index is 0.278. The van der Waals surface area contributed by atoms with Crippen LogP contribution in [0.15, 0.2) is 30.6 Å². The Balaban J connectivity index is 1.20. The molecule has 186 valence electrons. The lowest BCUT2D eigenvalue weighted by molar-refractivity contribution is 0.116. The number of nitrogens with one attached hydrogen (secondary N) is 2. The third-order valence-corrected chi connectivity index (χ3v) is 7.81. The monoisotopic (exact) mass is 493 g/mol. The van der Waals surface area contributed by atoms with E-state index in [4.69, 9.17) is 4.98 Å². The molecule has 2 fully saturated rings. The predicted molar refractivity (Wildman–Crippen MR) is 141 cm³/mol. The summed E-state index contributed by atoms with van der Waals surface area (Å²) in [6.45, 7) is 5.20. The molecule has 5 rings (SSSR count). The van der Waals surface area contributed by atoms with Gasteiger partial charge in [-0.15, -0.1) is 0 Å². The lowest BCUT2D eigenvalue weighted by Crippen LogP contribution is -2.36. The third-order valence-electron chi connectivity index (χ3n) is 6.88. The van der Waals surface area contributed by atoms with E-state index < -0.39 is 0 Å². The van der Waals surface area contributed by atoms with Crippen LogP contribution < -0.4 is 10.6 Å². The number of nitrogens with zero attached hydrogens (tertiary/aromatic N) is 5. The SMILES string of the molecule is Cc1cc(-c2cnc(Nc3ccc(CN4CCCC(CO)C4)cn3)s2)nc(NC2CCCCC2)n1. The van der Waals surface area contributed by atoms with Gasteiger partial charge in [-0.2, -0.15) is 0 Å². The quantitative estimate of drug-likeness (QED) is 0.403. The van der Waals surface area contributed by atoms with Crippen molar-refractivity contribution in [1.82, 2.24) is 24.8 Å². The Kier molecular flexibility index (Phi) is 7.85. The van der Waals surface area contributed by atoms with E-state index in [1.165, 1.54) is 37.7 Å². The van der Waals surface area contributed by atoms with Gasteiger partial charge in [-0.05, 0) is 62.8 Å². The summed E-state index contributed by atoms with van der Waals surface area (Å²) in [5.41, 5.74) is 3.03. The van der Waals surface area contributed by atoms with Gasteiger partial charge in [-0.3, -0.25) is 4.90 Å². The molecule has 35 heavy (non-hydrogen) atoms. The topological polar surface area (TPSA) is 99.1 Å². The highest BCUT2D eigenvalue weighted by Crippen LogP contribution is 2.30. The fourth-order valence-corrected chi connectivity index (χ4v) is 5.83. The molecule has 1 saturated heterocycles. The molecule has 4 heterocycles. The van der Waals surface area contributed by atoms with Crippen molar-refractivity contribution in [2.75, 3.05) is 30.3 Å². The van der Waals surface area contributed by atoms with E-state index in [0.29, 0.717) is 17.9 Å². The standard InChI is InChI=1S/C26H35N7OS/c1-18-12-22(31-25(29-18)30-21-7-3-2-4-8-21)23-14-28-26(35-23)32-24-10-9-19(13-27-24)15-33-11-5-6-20(16-33)17-34/h9-10,12-14,20-21,34H,2-8,11,15-17H2,1H3,(H,27,28,32)(H,29,30,31). The number of likely N-dealkylation sites (tertiary alicyclic amines) is 1. The second-order valence-electron chi connectivity index (χ2n) is 9.83. The van der Waals surface area contributed by atoms with Crippen LogP contribution in [-0.2, 0) is 6.54 Å². The molecule has 0 radical (unpaired) electrons. The molecule has 1 aliphatic heterocycles. The number of pyridine rings is 1. The number of thiazole rings is 1. The van der Waals surface area contributed by atoms with Gasteiger partial charge >= 0.3 is 0 Å². The Hall–Kier alpha value is -2.62. The summed E-state index contributed by atoms with van der Waals surface area (Å²) in [7, 11) is 0. The lowest BCUT2D eigenvalue weighted by atomic mass is 9.96. The van der Waals surface area contributed by atoms with E-state index in [0.717, 1.165) is 59.7 Å². The Bertz CT molecular complexity index is 1100. The maximum absolute atomic E-state index is 9.46.